The fourth-order valence-electron chi connectivity index (χ4n) is 1.59. The molecule has 3 amide bonds. The smallest absolute Gasteiger partial charge is 0.328 e. The summed E-state index contributed by atoms with van der Waals surface area (Å²) in [6, 6.07) is 6.60. The van der Waals surface area contributed by atoms with Gasteiger partial charge in [0, 0.05) is 18.7 Å². The van der Waals surface area contributed by atoms with E-state index in [0.717, 1.165) is 11.3 Å². The summed E-state index contributed by atoms with van der Waals surface area (Å²) in [6.45, 7) is 0.369. The first-order chi connectivity index (χ1) is 7.70. The van der Waals surface area contributed by atoms with E-state index in [2.05, 4.69) is 5.32 Å². The van der Waals surface area contributed by atoms with Crippen LogP contribution in [0.1, 0.15) is 12.0 Å². The van der Waals surface area contributed by atoms with E-state index in [1.165, 1.54) is 4.90 Å². The molecule has 1 aromatic rings. The molecule has 0 unspecified atom stereocenters. The molecule has 1 heterocycles. The number of carbonyl (C=O) groups is 2. The van der Waals surface area contributed by atoms with E-state index < -0.39 is 6.03 Å². The molecule has 1 aromatic carbocycles. The number of hydrogen-bond donors (Lipinski definition) is 2. The van der Waals surface area contributed by atoms with Gasteiger partial charge in [-0.2, -0.15) is 0 Å². The Balaban J connectivity index is 2.17. The van der Waals surface area contributed by atoms with Gasteiger partial charge in [0.05, 0.1) is 6.61 Å². The van der Waals surface area contributed by atoms with Crippen molar-refractivity contribution >= 4 is 17.6 Å². The van der Waals surface area contributed by atoms with Crippen molar-refractivity contribution in [3.63, 3.8) is 0 Å². The topological polar surface area (TPSA) is 69.6 Å². The number of hydrogen-bond acceptors (Lipinski definition) is 3. The van der Waals surface area contributed by atoms with Crippen molar-refractivity contribution in [2.24, 2.45) is 0 Å². The number of amides is 3. The molecule has 0 spiro atoms. The normalized spacial score (nSPS) is 16.2. The molecule has 1 aliphatic rings. The van der Waals surface area contributed by atoms with Crippen LogP contribution in [0.5, 0.6) is 0 Å². The lowest BCUT2D eigenvalue weighted by Gasteiger charge is -2.26. The van der Waals surface area contributed by atoms with E-state index in [1.54, 1.807) is 24.3 Å². The van der Waals surface area contributed by atoms with Gasteiger partial charge in [-0.1, -0.05) is 12.1 Å². The highest BCUT2D eigenvalue weighted by atomic mass is 16.3. The van der Waals surface area contributed by atoms with Gasteiger partial charge in [-0.15, -0.1) is 0 Å². The summed E-state index contributed by atoms with van der Waals surface area (Å²) in [5.74, 6) is -0.242. The lowest BCUT2D eigenvalue weighted by Crippen LogP contribution is -2.49. The zero-order chi connectivity index (χ0) is 11.5. The molecule has 0 radical (unpaired) electrons. The van der Waals surface area contributed by atoms with Crippen LogP contribution in [0.15, 0.2) is 24.3 Å². The van der Waals surface area contributed by atoms with Crippen LogP contribution >= 0.6 is 0 Å². The summed E-state index contributed by atoms with van der Waals surface area (Å²) in [4.78, 5) is 24.0. The summed E-state index contributed by atoms with van der Waals surface area (Å²) in [5, 5.41) is 11.1. The summed E-state index contributed by atoms with van der Waals surface area (Å²) >= 11 is 0. The van der Waals surface area contributed by atoms with Gasteiger partial charge in [0.15, 0.2) is 0 Å². The number of rotatable bonds is 2. The molecule has 1 saturated heterocycles. The molecule has 0 aromatic heterocycles. The molecule has 5 heteroatoms. The van der Waals surface area contributed by atoms with E-state index in [9.17, 15) is 9.59 Å². The molecule has 1 fully saturated rings. The Labute approximate surface area is 92.7 Å². The van der Waals surface area contributed by atoms with Gasteiger partial charge in [0.2, 0.25) is 5.91 Å². The van der Waals surface area contributed by atoms with Crippen molar-refractivity contribution in [3.05, 3.63) is 29.8 Å². The lowest BCUT2D eigenvalue weighted by molar-refractivity contribution is -0.120. The van der Waals surface area contributed by atoms with Gasteiger partial charge in [0.1, 0.15) is 0 Å². The summed E-state index contributed by atoms with van der Waals surface area (Å²) in [6.07, 6.45) is 0.313. The maximum atomic E-state index is 11.5. The average Bonchev–Trinajstić information content (AvgIpc) is 2.29. The Kier molecular flexibility index (Phi) is 2.87. The number of aliphatic hydroxyl groups excluding tert-OH is 1. The molecule has 0 atom stereocenters. The van der Waals surface area contributed by atoms with E-state index >= 15 is 0 Å². The van der Waals surface area contributed by atoms with E-state index in [0.29, 0.717) is 13.0 Å². The second-order valence-corrected chi connectivity index (χ2v) is 3.58. The second kappa shape index (κ2) is 4.32. The highest BCUT2D eigenvalue weighted by Gasteiger charge is 2.23. The third kappa shape index (κ3) is 2.04. The number of aliphatic hydroxyl groups is 1. The summed E-state index contributed by atoms with van der Waals surface area (Å²) in [5.41, 5.74) is 1.51. The number of nitrogens with zero attached hydrogens (tertiary/aromatic N) is 1. The van der Waals surface area contributed by atoms with Crippen LogP contribution in [-0.4, -0.2) is 23.6 Å². The van der Waals surface area contributed by atoms with Crippen molar-refractivity contribution in [1.82, 2.24) is 5.32 Å². The van der Waals surface area contributed by atoms with Crippen LogP contribution in [0.3, 0.4) is 0 Å². The van der Waals surface area contributed by atoms with Crippen LogP contribution in [0.25, 0.3) is 0 Å². The van der Waals surface area contributed by atoms with Gasteiger partial charge in [-0.05, 0) is 17.7 Å². The van der Waals surface area contributed by atoms with Gasteiger partial charge < -0.3 is 5.11 Å². The van der Waals surface area contributed by atoms with Gasteiger partial charge >= 0.3 is 6.03 Å². The molecule has 2 rings (SSSR count). The second-order valence-electron chi connectivity index (χ2n) is 3.58. The fraction of sp³-hybridized carbons (Fsp3) is 0.273. The molecular formula is C11H12N2O3. The van der Waals surface area contributed by atoms with E-state index in [4.69, 9.17) is 5.11 Å². The maximum absolute atomic E-state index is 11.5. The van der Waals surface area contributed by atoms with Crippen molar-refractivity contribution in [1.29, 1.82) is 0 Å². The number of urea groups is 1. The number of benzene rings is 1. The van der Waals surface area contributed by atoms with E-state index in [-0.39, 0.29) is 12.5 Å². The van der Waals surface area contributed by atoms with Crippen LogP contribution in [0, 0.1) is 0 Å². The quantitative estimate of drug-likeness (QED) is 0.767. The molecule has 0 saturated carbocycles. The van der Waals surface area contributed by atoms with Gasteiger partial charge in [-0.3, -0.25) is 15.0 Å². The zero-order valence-corrected chi connectivity index (χ0v) is 8.64. The third-order valence-electron chi connectivity index (χ3n) is 2.48. The minimum Gasteiger partial charge on any atom is -0.392 e. The predicted octanol–water partition coefficient (Wildman–Crippen LogP) is 0.625. The van der Waals surface area contributed by atoms with Gasteiger partial charge in [0.25, 0.3) is 0 Å². The van der Waals surface area contributed by atoms with Crippen molar-refractivity contribution in [2.75, 3.05) is 11.4 Å². The molecule has 16 heavy (non-hydrogen) atoms. The maximum Gasteiger partial charge on any atom is 0.328 e. The monoisotopic (exact) mass is 220 g/mol. The van der Waals surface area contributed by atoms with Crippen LogP contribution < -0.4 is 10.2 Å². The van der Waals surface area contributed by atoms with Gasteiger partial charge in [-0.25, -0.2) is 4.79 Å². The molecule has 0 aliphatic carbocycles. The Hall–Kier alpha value is -1.88. The average molecular weight is 220 g/mol. The number of imide groups is 1. The first kappa shape index (κ1) is 10.6. The Bertz CT molecular complexity index is 414. The van der Waals surface area contributed by atoms with Crippen molar-refractivity contribution < 1.29 is 14.7 Å². The summed E-state index contributed by atoms with van der Waals surface area (Å²) in [7, 11) is 0. The molecule has 2 N–H and O–H groups in total. The number of nitrogens with one attached hydrogen (secondary N) is 1. The molecule has 5 nitrogen and oxygen atoms in total. The SMILES string of the molecule is O=C1CCN(c2ccc(CO)cc2)C(=O)N1. The highest BCUT2D eigenvalue weighted by molar-refractivity contribution is 6.05. The molecular weight excluding hydrogens is 208 g/mol. The third-order valence-corrected chi connectivity index (χ3v) is 2.48. The zero-order valence-electron chi connectivity index (χ0n) is 8.64. The number of anilines is 1. The number of carbonyl (C=O) groups excluding carboxylic acids is 2. The first-order valence-electron chi connectivity index (χ1n) is 5.02. The fourth-order valence-corrected chi connectivity index (χ4v) is 1.59. The van der Waals surface area contributed by atoms with E-state index in [1.807, 2.05) is 0 Å². The predicted molar refractivity (Wildman–Crippen MR) is 57.9 cm³/mol. The molecule has 0 bridgehead atoms. The Morgan fingerprint density at radius 3 is 2.50 bits per heavy atom. The Morgan fingerprint density at radius 1 is 1.25 bits per heavy atom. The van der Waals surface area contributed by atoms with Crippen molar-refractivity contribution in [3.8, 4) is 0 Å². The minimum atomic E-state index is -0.395. The molecule has 1 aliphatic heterocycles. The lowest BCUT2D eigenvalue weighted by atomic mass is 10.2. The van der Waals surface area contributed by atoms with Crippen LogP contribution in [0.4, 0.5) is 10.5 Å². The highest BCUT2D eigenvalue weighted by Crippen LogP contribution is 2.17. The molecule has 84 valence electrons. The van der Waals surface area contributed by atoms with Crippen LogP contribution in [0.2, 0.25) is 0 Å². The largest absolute Gasteiger partial charge is 0.392 e. The summed E-state index contributed by atoms with van der Waals surface area (Å²) < 4.78 is 0. The standard InChI is InChI=1S/C11H12N2O3/c14-7-8-1-3-9(4-2-8)13-6-5-10(15)12-11(13)16/h1-4,14H,5-7H2,(H,12,15,16). The van der Waals surface area contributed by atoms with Crippen LogP contribution in [-0.2, 0) is 11.4 Å². The van der Waals surface area contributed by atoms with Crippen molar-refractivity contribution in [2.45, 2.75) is 13.0 Å². The Morgan fingerprint density at radius 2 is 1.94 bits per heavy atom. The first-order valence-corrected chi connectivity index (χ1v) is 5.02. The minimum absolute atomic E-state index is 0.0229.